The summed E-state index contributed by atoms with van der Waals surface area (Å²) in [6, 6.07) is 24.5. The van der Waals surface area contributed by atoms with Crippen LogP contribution in [0.5, 0.6) is 11.5 Å². The molecule has 4 fully saturated rings. The maximum atomic E-state index is 14.3. The molecule has 3 heterocycles. The van der Waals surface area contributed by atoms with Gasteiger partial charge in [-0.05, 0) is 123 Å². The zero-order chi connectivity index (χ0) is 60.7. The Morgan fingerprint density at radius 3 is 2.06 bits per heavy atom. The van der Waals surface area contributed by atoms with Gasteiger partial charge in [-0.15, -0.1) is 0 Å². The molecule has 4 aromatic carbocycles. The number of nitrogens with one attached hydrogen (secondary N) is 2. The van der Waals surface area contributed by atoms with Crippen LogP contribution in [0.2, 0.25) is 0 Å². The molecule has 4 N–H and O–H groups in total. The Balaban J connectivity index is 0.000000221. The Bertz CT molecular complexity index is 3160. The van der Waals surface area contributed by atoms with Crippen LogP contribution in [-0.4, -0.2) is 171 Å². The number of rotatable bonds is 16. The zero-order valence-corrected chi connectivity index (χ0v) is 50.0. The smallest absolute Gasteiger partial charge is 0.328 e. The second kappa shape index (κ2) is 29.9. The van der Waals surface area contributed by atoms with E-state index in [1.165, 1.54) is 56.9 Å². The van der Waals surface area contributed by atoms with E-state index >= 15 is 0 Å². The monoisotopic (exact) mass is 1210 g/mol. The first-order valence-electron chi connectivity index (χ1n) is 29.5. The van der Waals surface area contributed by atoms with Crippen molar-refractivity contribution in [1.82, 2.24) is 29.0 Å². The van der Waals surface area contributed by atoms with Crippen molar-refractivity contribution in [2.45, 2.75) is 149 Å². The molecule has 23 heteroatoms. The van der Waals surface area contributed by atoms with Gasteiger partial charge in [0.15, 0.2) is 0 Å². The predicted octanol–water partition coefficient (Wildman–Crippen LogP) is 5.13. The predicted molar refractivity (Wildman–Crippen MR) is 313 cm³/mol. The number of hydrogen-bond acceptors (Lipinski definition) is 15. The number of likely N-dealkylation sites (tertiary alicyclic amines) is 1. The number of fused-ring (bicyclic) bond motifs is 4. The third-order valence-corrected chi connectivity index (χ3v) is 20.8. The zero-order valence-electron chi connectivity index (χ0n) is 48.4. The third-order valence-electron chi connectivity index (χ3n) is 16.9. The maximum absolute atomic E-state index is 14.3. The number of phenols is 1. The molecule has 460 valence electrons. The van der Waals surface area contributed by atoms with Crippen LogP contribution < -0.4 is 15.4 Å². The van der Waals surface area contributed by atoms with Crippen molar-refractivity contribution < 1.29 is 70.0 Å². The summed E-state index contributed by atoms with van der Waals surface area (Å²) in [5, 5.41) is 25.2. The van der Waals surface area contributed by atoms with Crippen molar-refractivity contribution in [2.24, 2.45) is 11.8 Å². The van der Waals surface area contributed by atoms with Crippen LogP contribution in [-0.2, 0) is 71.1 Å². The molecule has 4 amide bonds. The standard InChI is InChI=1S/C31H41N3O8S.C31H39N3O7S/c1-42-31(39)27-20-24(34(16-9-17-35)43(40,41)26-14-6-3-7-15-26)21-33(27)30(38)29(23-11-4-2-5-12-23)32-28(37)19-22-10-8-13-25(36)18-22;1-40-31(37)27-20-24-21-33(27)30(36)29(23-11-4-2-5-12-23)32-28(35)19-22-10-8-13-25(18-22)41-17-9-16-34(24)42(38,39)26-14-6-3-7-15-26/h3,6-8,10,13-15,18,23-24,27,29,35-36H,2,4-5,9,11-12,16-17,19-21H2,1H3,(H,32,37);3,6-8,10,13-15,18,23-24,27,29H,2,4-5,9,11-12,16-17,19-21H2,1H3,(H,32,35)/t2*24-,27+,29+/m11/s1. The fourth-order valence-corrected chi connectivity index (χ4v) is 16.0. The quantitative estimate of drug-likeness (QED) is 0.106. The molecule has 0 spiro atoms. The van der Waals surface area contributed by atoms with E-state index < -0.39 is 80.1 Å². The molecule has 85 heavy (non-hydrogen) atoms. The highest BCUT2D eigenvalue weighted by Crippen LogP contribution is 2.35. The molecule has 9 rings (SSSR count). The minimum atomic E-state index is -4.02. The van der Waals surface area contributed by atoms with Crippen LogP contribution in [0, 0.1) is 11.8 Å². The summed E-state index contributed by atoms with van der Waals surface area (Å²) in [6.45, 7) is 0.105. The van der Waals surface area contributed by atoms with Crippen LogP contribution >= 0.6 is 0 Å². The van der Waals surface area contributed by atoms with Crippen molar-refractivity contribution >= 4 is 55.6 Å². The van der Waals surface area contributed by atoms with Gasteiger partial charge >= 0.3 is 11.9 Å². The lowest BCUT2D eigenvalue weighted by Gasteiger charge is -2.34. The number of phenolic OH excluding ortho intramolecular Hbond substituents is 1. The molecule has 21 nitrogen and oxygen atoms in total. The maximum Gasteiger partial charge on any atom is 0.328 e. The summed E-state index contributed by atoms with van der Waals surface area (Å²) in [7, 11) is -5.50. The lowest BCUT2D eigenvalue weighted by molar-refractivity contribution is -0.152. The molecule has 2 saturated carbocycles. The first kappa shape index (κ1) is 64.1. The molecule has 0 radical (unpaired) electrons. The molecular weight excluding hydrogens is 1130 g/mol. The van der Waals surface area contributed by atoms with Crippen LogP contribution in [0.3, 0.4) is 0 Å². The van der Waals surface area contributed by atoms with Gasteiger partial charge in [0.05, 0.1) is 43.5 Å². The van der Waals surface area contributed by atoms with Gasteiger partial charge in [0, 0.05) is 44.9 Å². The molecule has 0 aromatic heterocycles. The van der Waals surface area contributed by atoms with Crippen molar-refractivity contribution in [2.75, 3.05) is 53.6 Å². The van der Waals surface area contributed by atoms with Gasteiger partial charge in [-0.1, -0.05) is 99.2 Å². The molecule has 0 unspecified atom stereocenters. The number of carbonyl (C=O) groups is 6. The van der Waals surface area contributed by atoms with E-state index in [9.17, 15) is 55.8 Å². The summed E-state index contributed by atoms with van der Waals surface area (Å²) >= 11 is 0. The van der Waals surface area contributed by atoms with Crippen LogP contribution in [0.1, 0.15) is 101 Å². The van der Waals surface area contributed by atoms with Crippen molar-refractivity contribution in [3.05, 3.63) is 120 Å². The van der Waals surface area contributed by atoms with Crippen molar-refractivity contribution in [3.8, 4) is 11.5 Å². The molecule has 5 aliphatic rings. The summed E-state index contributed by atoms with van der Waals surface area (Å²) < 4.78 is 74.1. The van der Waals surface area contributed by atoms with Gasteiger partial charge in [-0.25, -0.2) is 26.4 Å². The second-order valence-electron chi connectivity index (χ2n) is 22.5. The van der Waals surface area contributed by atoms with E-state index in [0.717, 1.165) is 69.8 Å². The Hall–Kier alpha value is -6.92. The summed E-state index contributed by atoms with van der Waals surface area (Å²) in [5.74, 6) is -2.37. The van der Waals surface area contributed by atoms with Gasteiger partial charge < -0.3 is 44.9 Å². The Morgan fingerprint density at radius 2 is 1.40 bits per heavy atom. The number of sulfonamides is 2. The number of amides is 4. The number of methoxy groups -OCH3 is 2. The highest BCUT2D eigenvalue weighted by molar-refractivity contribution is 7.89. The number of aromatic hydroxyl groups is 1. The van der Waals surface area contributed by atoms with E-state index in [1.54, 1.807) is 72.8 Å². The highest BCUT2D eigenvalue weighted by atomic mass is 32.2. The van der Waals surface area contributed by atoms with Crippen LogP contribution in [0.25, 0.3) is 0 Å². The Kier molecular flexibility index (Phi) is 22.6. The number of aliphatic hydroxyl groups is 1. The normalized spacial score (nSPS) is 22.5. The number of esters is 2. The number of hydrogen-bond donors (Lipinski definition) is 4. The topological polar surface area (TPSA) is 276 Å². The molecule has 2 aliphatic carbocycles. The molecular formula is C62H80N6O15S2. The lowest BCUT2D eigenvalue weighted by atomic mass is 9.83. The number of ether oxygens (including phenoxy) is 3. The van der Waals surface area contributed by atoms with E-state index in [2.05, 4.69) is 10.6 Å². The Morgan fingerprint density at radius 1 is 0.753 bits per heavy atom. The summed E-state index contributed by atoms with van der Waals surface area (Å²) in [5.41, 5.74) is 1.33. The number of carbonyl (C=O) groups excluding carboxylic acids is 6. The summed E-state index contributed by atoms with van der Waals surface area (Å²) in [4.78, 5) is 84.1. The van der Waals surface area contributed by atoms with Crippen molar-refractivity contribution in [1.29, 1.82) is 0 Å². The van der Waals surface area contributed by atoms with Crippen LogP contribution in [0.15, 0.2) is 119 Å². The van der Waals surface area contributed by atoms with Gasteiger partial charge in [-0.3, -0.25) is 19.2 Å². The first-order valence-corrected chi connectivity index (χ1v) is 32.4. The number of nitrogens with zero attached hydrogens (tertiary/aromatic N) is 4. The molecule has 4 bridgehead atoms. The number of benzene rings is 4. The van der Waals surface area contributed by atoms with Gasteiger partial charge in [0.2, 0.25) is 43.7 Å². The molecule has 3 aliphatic heterocycles. The Labute approximate surface area is 498 Å². The third kappa shape index (κ3) is 16.1. The van der Waals surface area contributed by atoms with Gasteiger partial charge in [-0.2, -0.15) is 8.61 Å². The van der Waals surface area contributed by atoms with E-state index in [1.807, 2.05) is 12.1 Å². The first-order chi connectivity index (χ1) is 40.9. The minimum Gasteiger partial charge on any atom is -0.508 e. The van der Waals surface area contributed by atoms with E-state index in [-0.39, 0.29) is 111 Å². The fourth-order valence-electron chi connectivity index (χ4n) is 12.6. The molecule has 4 aromatic rings. The van der Waals surface area contributed by atoms with E-state index in [0.29, 0.717) is 17.7 Å². The van der Waals surface area contributed by atoms with Gasteiger partial charge in [0.25, 0.3) is 0 Å². The second-order valence-corrected chi connectivity index (χ2v) is 26.3. The number of aliphatic hydroxyl groups excluding tert-OH is 1. The lowest BCUT2D eigenvalue weighted by Crippen LogP contribution is -2.55. The van der Waals surface area contributed by atoms with Crippen molar-refractivity contribution in [3.63, 3.8) is 0 Å². The average molecular weight is 1210 g/mol. The largest absolute Gasteiger partial charge is 0.508 e. The van der Waals surface area contributed by atoms with Gasteiger partial charge in [0.1, 0.15) is 35.7 Å². The van der Waals surface area contributed by atoms with Crippen LogP contribution in [0.4, 0.5) is 0 Å². The molecule has 6 atom stereocenters. The summed E-state index contributed by atoms with van der Waals surface area (Å²) in [6.07, 6.45) is 9.57. The SMILES string of the molecule is COC(=O)[C@@H]1C[C@@H](N(CCCO)S(=O)(=O)c2ccccc2)CN1C(=O)[C@@H](NC(=O)Cc1cccc(O)c1)C1CCCCC1.COC(=O)[C@@H]1C[C@@H]2CN1C(=O)[C@H](C1CCCCC1)NC(=O)Cc1cccc(c1)OCCCN2S(=O)(=O)c1ccccc1. The fraction of sp³-hybridized carbons (Fsp3) is 0.516. The average Bonchev–Trinajstić information content (AvgIpc) is 3.17. The highest BCUT2D eigenvalue weighted by Gasteiger charge is 2.50. The van der Waals surface area contributed by atoms with E-state index in [4.69, 9.17) is 14.2 Å². The minimum absolute atomic E-state index is 0.00102. The molecule has 2 saturated heterocycles.